The maximum Gasteiger partial charge on any atom is 0.374 e. The van der Waals surface area contributed by atoms with Crippen LogP contribution in [0.25, 0.3) is 0 Å². The topological polar surface area (TPSA) is 51.5 Å². The van der Waals surface area contributed by atoms with Crippen molar-refractivity contribution in [2.24, 2.45) is 5.92 Å². The van der Waals surface area contributed by atoms with E-state index >= 15 is 0 Å². The summed E-state index contributed by atoms with van der Waals surface area (Å²) in [5.41, 5.74) is 0.841. The highest BCUT2D eigenvalue weighted by molar-refractivity contribution is 7.98. The molecule has 1 aromatic rings. The van der Waals surface area contributed by atoms with Gasteiger partial charge in [0.2, 0.25) is 5.76 Å². The first-order chi connectivity index (χ1) is 8.19. The Hall–Kier alpha value is -0.940. The van der Waals surface area contributed by atoms with Crippen molar-refractivity contribution >= 4 is 17.7 Å². The summed E-state index contributed by atoms with van der Waals surface area (Å²) in [6, 6.07) is 1.79. The molecular formula is C12H19NO3S. The number of furan rings is 1. The molecule has 1 unspecified atom stereocenters. The average Bonchev–Trinajstić information content (AvgIpc) is 2.77. The van der Waals surface area contributed by atoms with Crippen LogP contribution < -0.4 is 5.32 Å². The van der Waals surface area contributed by atoms with E-state index in [1.807, 2.05) is 11.8 Å². The fraction of sp³-hybridized carbons (Fsp3) is 0.583. The molecule has 0 bridgehead atoms. The van der Waals surface area contributed by atoms with Gasteiger partial charge in [-0.05, 0) is 30.5 Å². The highest BCUT2D eigenvalue weighted by atomic mass is 32.2. The summed E-state index contributed by atoms with van der Waals surface area (Å²) >= 11 is 1.84. The van der Waals surface area contributed by atoms with Gasteiger partial charge in [0.25, 0.3) is 0 Å². The predicted octanol–water partition coefficient (Wildman–Crippen LogP) is 2.15. The molecule has 0 aliphatic heterocycles. The predicted molar refractivity (Wildman–Crippen MR) is 69.3 cm³/mol. The molecule has 0 radical (unpaired) electrons. The van der Waals surface area contributed by atoms with Crippen molar-refractivity contribution in [2.45, 2.75) is 13.5 Å². The van der Waals surface area contributed by atoms with Crippen molar-refractivity contribution in [2.75, 3.05) is 25.7 Å². The third-order valence-electron chi connectivity index (χ3n) is 2.38. The molecule has 0 amide bonds. The van der Waals surface area contributed by atoms with Crippen LogP contribution in [0.1, 0.15) is 23.0 Å². The summed E-state index contributed by atoms with van der Waals surface area (Å²) < 4.78 is 9.74. The van der Waals surface area contributed by atoms with Gasteiger partial charge in [-0.2, -0.15) is 11.8 Å². The summed E-state index contributed by atoms with van der Waals surface area (Å²) in [5.74, 6) is 1.60. The SMILES string of the molecule is COC(=O)c1occc1CNCC(C)CSC. The van der Waals surface area contributed by atoms with E-state index in [1.54, 1.807) is 6.07 Å². The lowest BCUT2D eigenvalue weighted by molar-refractivity contribution is 0.0563. The van der Waals surface area contributed by atoms with Crippen LogP contribution >= 0.6 is 11.8 Å². The van der Waals surface area contributed by atoms with Gasteiger partial charge in [-0.3, -0.25) is 0 Å². The summed E-state index contributed by atoms with van der Waals surface area (Å²) in [7, 11) is 1.35. The lowest BCUT2D eigenvalue weighted by atomic mass is 10.2. The van der Waals surface area contributed by atoms with Gasteiger partial charge in [-0.1, -0.05) is 6.92 Å². The smallest absolute Gasteiger partial charge is 0.374 e. The number of methoxy groups -OCH3 is 1. The second kappa shape index (κ2) is 7.40. The monoisotopic (exact) mass is 257 g/mol. The normalized spacial score (nSPS) is 12.4. The van der Waals surface area contributed by atoms with Crippen molar-refractivity contribution in [1.29, 1.82) is 0 Å². The molecule has 96 valence electrons. The second-order valence-electron chi connectivity index (χ2n) is 3.96. The van der Waals surface area contributed by atoms with E-state index in [9.17, 15) is 4.79 Å². The lowest BCUT2D eigenvalue weighted by Crippen LogP contribution is -2.22. The second-order valence-corrected chi connectivity index (χ2v) is 4.87. The summed E-state index contributed by atoms with van der Waals surface area (Å²) in [6.07, 6.45) is 3.61. The number of rotatable bonds is 7. The van der Waals surface area contributed by atoms with Gasteiger partial charge in [0.05, 0.1) is 13.4 Å². The van der Waals surface area contributed by atoms with Crippen LogP contribution in [0, 0.1) is 5.92 Å². The molecule has 1 atom stereocenters. The minimum absolute atomic E-state index is 0.289. The molecular weight excluding hydrogens is 238 g/mol. The minimum Gasteiger partial charge on any atom is -0.463 e. The maximum atomic E-state index is 11.3. The van der Waals surface area contributed by atoms with Gasteiger partial charge in [0.15, 0.2) is 0 Å². The number of carbonyl (C=O) groups excluding carboxylic acids is 1. The van der Waals surface area contributed by atoms with E-state index in [0.29, 0.717) is 12.5 Å². The van der Waals surface area contributed by atoms with E-state index in [4.69, 9.17) is 4.42 Å². The molecule has 5 heteroatoms. The van der Waals surface area contributed by atoms with Gasteiger partial charge in [-0.15, -0.1) is 0 Å². The van der Waals surface area contributed by atoms with E-state index in [0.717, 1.165) is 17.9 Å². The number of esters is 1. The van der Waals surface area contributed by atoms with Gasteiger partial charge < -0.3 is 14.5 Å². The molecule has 0 aliphatic carbocycles. The highest BCUT2D eigenvalue weighted by Gasteiger charge is 2.15. The minimum atomic E-state index is -0.427. The van der Waals surface area contributed by atoms with Gasteiger partial charge in [-0.25, -0.2) is 4.79 Å². The Bertz CT molecular complexity index is 351. The molecule has 1 heterocycles. The van der Waals surface area contributed by atoms with E-state index in [1.165, 1.54) is 13.4 Å². The van der Waals surface area contributed by atoms with E-state index < -0.39 is 5.97 Å². The fourth-order valence-corrected chi connectivity index (χ4v) is 2.23. The molecule has 0 aromatic carbocycles. The van der Waals surface area contributed by atoms with Gasteiger partial charge >= 0.3 is 5.97 Å². The number of hydrogen-bond donors (Lipinski definition) is 1. The van der Waals surface area contributed by atoms with Crippen LogP contribution in [0.2, 0.25) is 0 Å². The number of ether oxygens (including phenoxy) is 1. The van der Waals surface area contributed by atoms with Crippen LogP contribution in [-0.4, -0.2) is 31.6 Å². The van der Waals surface area contributed by atoms with Gasteiger partial charge in [0, 0.05) is 12.1 Å². The zero-order valence-corrected chi connectivity index (χ0v) is 11.3. The molecule has 0 aliphatic rings. The molecule has 0 fully saturated rings. The Morgan fingerprint density at radius 2 is 2.41 bits per heavy atom. The molecule has 4 nitrogen and oxygen atoms in total. The summed E-state index contributed by atoms with van der Waals surface area (Å²) in [5, 5.41) is 3.31. The van der Waals surface area contributed by atoms with Crippen LogP contribution in [0.15, 0.2) is 16.7 Å². The fourth-order valence-electron chi connectivity index (χ4n) is 1.54. The zero-order valence-electron chi connectivity index (χ0n) is 10.5. The Kier molecular flexibility index (Phi) is 6.15. The average molecular weight is 257 g/mol. The van der Waals surface area contributed by atoms with E-state index in [-0.39, 0.29) is 5.76 Å². The zero-order chi connectivity index (χ0) is 12.7. The van der Waals surface area contributed by atoms with Crippen molar-refractivity contribution in [3.05, 3.63) is 23.7 Å². The van der Waals surface area contributed by atoms with Crippen molar-refractivity contribution < 1.29 is 13.9 Å². The molecule has 1 rings (SSSR count). The van der Waals surface area contributed by atoms with Crippen LogP contribution in [0.3, 0.4) is 0 Å². The maximum absolute atomic E-state index is 11.3. The molecule has 0 saturated heterocycles. The molecule has 0 saturated carbocycles. The molecule has 1 aromatic heterocycles. The Morgan fingerprint density at radius 3 is 3.06 bits per heavy atom. The van der Waals surface area contributed by atoms with E-state index in [2.05, 4.69) is 23.2 Å². The van der Waals surface area contributed by atoms with Crippen molar-refractivity contribution in [3.63, 3.8) is 0 Å². The Balaban J connectivity index is 2.41. The van der Waals surface area contributed by atoms with Crippen molar-refractivity contribution in [1.82, 2.24) is 5.32 Å². The van der Waals surface area contributed by atoms with Crippen molar-refractivity contribution in [3.8, 4) is 0 Å². The van der Waals surface area contributed by atoms with Crippen LogP contribution in [0.5, 0.6) is 0 Å². The largest absolute Gasteiger partial charge is 0.463 e. The van der Waals surface area contributed by atoms with Crippen LogP contribution in [0.4, 0.5) is 0 Å². The third-order valence-corrected chi connectivity index (χ3v) is 3.28. The standard InChI is InChI=1S/C12H19NO3S/c1-9(8-17-3)6-13-7-10-4-5-16-11(10)12(14)15-2/h4-5,9,13H,6-8H2,1-3H3. The molecule has 17 heavy (non-hydrogen) atoms. The Morgan fingerprint density at radius 1 is 1.65 bits per heavy atom. The molecule has 0 spiro atoms. The lowest BCUT2D eigenvalue weighted by Gasteiger charge is -2.10. The summed E-state index contributed by atoms with van der Waals surface area (Å²) in [4.78, 5) is 11.3. The van der Waals surface area contributed by atoms with Crippen LogP contribution in [-0.2, 0) is 11.3 Å². The number of nitrogens with one attached hydrogen (secondary N) is 1. The first-order valence-corrected chi connectivity index (χ1v) is 6.92. The Labute approximate surface area is 106 Å². The highest BCUT2D eigenvalue weighted by Crippen LogP contribution is 2.12. The first kappa shape index (κ1) is 14.1. The number of hydrogen-bond acceptors (Lipinski definition) is 5. The quantitative estimate of drug-likeness (QED) is 0.759. The number of carbonyl (C=O) groups is 1. The summed E-state index contributed by atoms with van der Waals surface area (Å²) in [6.45, 7) is 3.74. The third kappa shape index (κ3) is 4.44. The number of thioether (sulfide) groups is 1. The molecule has 1 N–H and O–H groups in total. The first-order valence-electron chi connectivity index (χ1n) is 5.53. The van der Waals surface area contributed by atoms with Gasteiger partial charge in [0.1, 0.15) is 0 Å².